The highest BCUT2D eigenvalue weighted by Gasteiger charge is 2.39. The molecule has 4 aromatic carbocycles. The quantitative estimate of drug-likeness (QED) is 0.106. The Hall–Kier alpha value is -6.04. The number of H-pyrrole nitrogens is 2. The maximum Gasteiger partial charge on any atom is 0.245 e. The number of ether oxygens (including phenoxy) is 1. The lowest BCUT2D eigenvalue weighted by atomic mass is 10.00. The SMILES string of the molecule is CCN(CC)[C@@H](C(=O)N1CCC[C@H]1c1ncc(-c2ccc(C3Cc4cc(-c5cnc([C@@H]6CCCN6C(=O)[C@@H](c6ccccc6)N(CC)CC)[nH]5)ccc4O3)cc2)[nH]1)c1ccccc1. The summed E-state index contributed by atoms with van der Waals surface area (Å²) in [6.45, 7) is 13.1. The highest BCUT2D eigenvalue weighted by Crippen LogP contribution is 2.41. The van der Waals surface area contributed by atoms with Crippen LogP contribution in [0.2, 0.25) is 0 Å². The van der Waals surface area contributed by atoms with E-state index in [1.165, 1.54) is 0 Å². The second-order valence-electron chi connectivity index (χ2n) is 17.1. The average molecular weight is 845 g/mol. The zero-order chi connectivity index (χ0) is 43.5. The van der Waals surface area contributed by atoms with Crippen LogP contribution < -0.4 is 4.74 Å². The first-order valence-electron chi connectivity index (χ1n) is 23.1. The van der Waals surface area contributed by atoms with Crippen molar-refractivity contribution < 1.29 is 14.3 Å². The van der Waals surface area contributed by atoms with E-state index in [-0.39, 0.29) is 42.1 Å². The fourth-order valence-electron chi connectivity index (χ4n) is 10.2. The number of hydrogen-bond acceptors (Lipinski definition) is 7. The molecule has 2 saturated heterocycles. The first-order valence-corrected chi connectivity index (χ1v) is 23.1. The number of rotatable bonds is 15. The number of nitrogens with zero attached hydrogens (tertiary/aromatic N) is 6. The van der Waals surface area contributed by atoms with Gasteiger partial charge in [0.2, 0.25) is 11.8 Å². The third kappa shape index (κ3) is 8.44. The van der Waals surface area contributed by atoms with Crippen LogP contribution >= 0.6 is 0 Å². The summed E-state index contributed by atoms with van der Waals surface area (Å²) in [6.07, 6.45) is 8.12. The number of fused-ring (bicyclic) bond motifs is 1. The Balaban J connectivity index is 0.858. The van der Waals surface area contributed by atoms with Crippen LogP contribution in [0.15, 0.2) is 116 Å². The molecule has 11 heteroatoms. The molecule has 11 nitrogen and oxygen atoms in total. The van der Waals surface area contributed by atoms with E-state index >= 15 is 0 Å². The van der Waals surface area contributed by atoms with Crippen molar-refractivity contribution in [3.05, 3.63) is 149 Å². The summed E-state index contributed by atoms with van der Waals surface area (Å²) in [5, 5.41) is 0. The molecule has 9 rings (SSSR count). The summed E-state index contributed by atoms with van der Waals surface area (Å²) in [6, 6.07) is 34.4. The molecule has 1 unspecified atom stereocenters. The molecule has 0 radical (unpaired) electrons. The van der Waals surface area contributed by atoms with Crippen molar-refractivity contribution in [1.82, 2.24) is 39.5 Å². The third-order valence-electron chi connectivity index (χ3n) is 13.6. The molecule has 2 N–H and O–H groups in total. The van der Waals surface area contributed by atoms with Crippen molar-refractivity contribution in [2.24, 2.45) is 0 Å². The van der Waals surface area contributed by atoms with E-state index in [0.717, 1.165) is 134 Å². The van der Waals surface area contributed by atoms with Gasteiger partial charge in [0.25, 0.3) is 0 Å². The lowest BCUT2D eigenvalue weighted by Gasteiger charge is -2.34. The molecule has 326 valence electrons. The zero-order valence-electron chi connectivity index (χ0n) is 37.0. The minimum atomic E-state index is -0.321. The Morgan fingerprint density at radius 2 is 1.13 bits per heavy atom. The van der Waals surface area contributed by atoms with Crippen LogP contribution in [-0.4, -0.2) is 90.6 Å². The zero-order valence-corrected chi connectivity index (χ0v) is 37.0. The maximum atomic E-state index is 14.3. The molecular formula is C52H60N8O3. The minimum absolute atomic E-state index is 0.0900. The van der Waals surface area contributed by atoms with Gasteiger partial charge in [0.1, 0.15) is 35.6 Å². The molecule has 3 aliphatic heterocycles. The number of likely N-dealkylation sites (N-methyl/N-ethyl adjacent to an activating group) is 2. The van der Waals surface area contributed by atoms with Crippen LogP contribution in [0, 0.1) is 0 Å². The summed E-state index contributed by atoms with van der Waals surface area (Å²) in [7, 11) is 0. The standard InChI is InChI=1S/C52H60N8O3/c1-5-57(6-2)47(37-17-11-9-12-18-37)51(61)59-29-15-21-43(59)49-53-33-41(55-49)35-23-25-36(26-24-35)46-32-40-31-39(27-28-45(40)63-46)42-34-54-50(56-42)44-22-16-30-60(44)52(62)48(58(7-3)8-4)38-19-13-10-14-20-38/h9-14,17-20,23-28,31,33-34,43-44,46-48H,5-8,15-16,21-22,29-30,32H2,1-4H3,(H,53,55)(H,54,56)/t43-,44-,46?,47+,48+/m0/s1. The number of likely N-dealkylation sites (tertiary alicyclic amines) is 2. The molecule has 0 saturated carbocycles. The van der Waals surface area contributed by atoms with E-state index in [9.17, 15) is 9.59 Å². The smallest absolute Gasteiger partial charge is 0.245 e. The molecule has 5 atom stereocenters. The van der Waals surface area contributed by atoms with Gasteiger partial charge in [-0.15, -0.1) is 0 Å². The van der Waals surface area contributed by atoms with E-state index in [0.29, 0.717) is 0 Å². The predicted molar refractivity (Wildman–Crippen MR) is 247 cm³/mol. The minimum Gasteiger partial charge on any atom is -0.485 e. The largest absolute Gasteiger partial charge is 0.485 e. The van der Waals surface area contributed by atoms with Gasteiger partial charge < -0.3 is 24.5 Å². The second kappa shape index (κ2) is 18.7. The van der Waals surface area contributed by atoms with Crippen molar-refractivity contribution in [3.8, 4) is 28.3 Å². The Kier molecular flexibility index (Phi) is 12.6. The summed E-state index contributed by atoms with van der Waals surface area (Å²) in [5.41, 5.74) is 8.29. The predicted octanol–water partition coefficient (Wildman–Crippen LogP) is 9.64. The fourth-order valence-corrected chi connectivity index (χ4v) is 10.2. The van der Waals surface area contributed by atoms with Crippen LogP contribution in [0.5, 0.6) is 5.75 Å². The topological polar surface area (TPSA) is 114 Å². The Bertz CT molecular complexity index is 2480. The molecule has 2 aromatic heterocycles. The molecule has 0 bridgehead atoms. The van der Waals surface area contributed by atoms with E-state index in [2.05, 4.69) is 114 Å². The van der Waals surface area contributed by atoms with Gasteiger partial charge >= 0.3 is 0 Å². The number of hydrogen-bond donors (Lipinski definition) is 2. The van der Waals surface area contributed by atoms with Gasteiger partial charge in [-0.05, 0) is 97.9 Å². The van der Waals surface area contributed by atoms with Gasteiger partial charge in [-0.1, -0.05) is 113 Å². The monoisotopic (exact) mass is 844 g/mol. The molecule has 5 heterocycles. The molecule has 6 aromatic rings. The molecule has 0 aliphatic carbocycles. The first-order chi connectivity index (χ1) is 30.9. The summed E-state index contributed by atoms with van der Waals surface area (Å²) in [4.78, 5) is 54.1. The normalized spacial score (nSPS) is 19.4. The van der Waals surface area contributed by atoms with Crippen molar-refractivity contribution in [2.75, 3.05) is 39.3 Å². The number of carbonyl (C=O) groups is 2. The van der Waals surface area contributed by atoms with Crippen LogP contribution in [0.3, 0.4) is 0 Å². The summed E-state index contributed by atoms with van der Waals surface area (Å²) >= 11 is 0. The number of aromatic amines is 2. The number of benzene rings is 4. The lowest BCUT2D eigenvalue weighted by molar-refractivity contribution is -0.139. The van der Waals surface area contributed by atoms with Gasteiger partial charge in [-0.25, -0.2) is 9.97 Å². The maximum absolute atomic E-state index is 14.3. The lowest BCUT2D eigenvalue weighted by Crippen LogP contribution is -2.43. The number of aromatic nitrogens is 4. The Morgan fingerprint density at radius 1 is 0.651 bits per heavy atom. The van der Waals surface area contributed by atoms with E-state index < -0.39 is 0 Å². The second-order valence-corrected chi connectivity index (χ2v) is 17.1. The van der Waals surface area contributed by atoms with Crippen LogP contribution in [-0.2, 0) is 16.0 Å². The molecule has 0 spiro atoms. The van der Waals surface area contributed by atoms with Gasteiger partial charge in [0.05, 0.1) is 35.9 Å². The van der Waals surface area contributed by atoms with Crippen molar-refractivity contribution in [3.63, 3.8) is 0 Å². The van der Waals surface area contributed by atoms with Gasteiger partial charge in [0, 0.05) is 25.1 Å². The highest BCUT2D eigenvalue weighted by molar-refractivity contribution is 5.85. The van der Waals surface area contributed by atoms with Crippen LogP contribution in [0.4, 0.5) is 0 Å². The molecule has 3 aliphatic rings. The highest BCUT2D eigenvalue weighted by atomic mass is 16.5. The van der Waals surface area contributed by atoms with E-state index in [1.807, 2.05) is 58.6 Å². The molecular weight excluding hydrogens is 785 g/mol. The van der Waals surface area contributed by atoms with Gasteiger partial charge in [0.15, 0.2) is 0 Å². The van der Waals surface area contributed by atoms with Gasteiger partial charge in [-0.2, -0.15) is 0 Å². The number of imidazole rings is 2. The van der Waals surface area contributed by atoms with Crippen molar-refractivity contribution in [1.29, 1.82) is 0 Å². The molecule has 63 heavy (non-hydrogen) atoms. The van der Waals surface area contributed by atoms with E-state index in [1.54, 1.807) is 0 Å². The van der Waals surface area contributed by atoms with Crippen LogP contribution in [0.1, 0.15) is 118 Å². The summed E-state index contributed by atoms with van der Waals surface area (Å²) < 4.78 is 6.51. The molecule has 2 fully saturated rings. The Labute approximate surface area is 371 Å². The fraction of sp³-hybridized carbons (Fsp3) is 0.385. The van der Waals surface area contributed by atoms with Gasteiger partial charge in [-0.3, -0.25) is 19.4 Å². The summed E-state index contributed by atoms with van der Waals surface area (Å²) in [5.74, 6) is 2.85. The first kappa shape index (κ1) is 42.3. The van der Waals surface area contributed by atoms with Crippen molar-refractivity contribution in [2.45, 2.75) is 90.1 Å². The van der Waals surface area contributed by atoms with Crippen LogP contribution in [0.25, 0.3) is 22.5 Å². The number of nitrogens with one attached hydrogen (secondary N) is 2. The number of carbonyl (C=O) groups excluding carboxylic acids is 2. The average Bonchev–Trinajstić information content (AvgIpc) is 4.19. The third-order valence-corrected chi connectivity index (χ3v) is 13.6. The molecule has 2 amide bonds. The van der Waals surface area contributed by atoms with Crippen molar-refractivity contribution >= 4 is 11.8 Å². The Morgan fingerprint density at radius 3 is 1.62 bits per heavy atom. The number of amides is 2. The van der Waals surface area contributed by atoms with E-state index in [4.69, 9.17) is 14.7 Å².